The molecule has 0 fully saturated rings. The first-order valence-electron chi connectivity index (χ1n) is 8.72. The maximum atomic E-state index is 11.2. The van der Waals surface area contributed by atoms with Crippen molar-refractivity contribution in [2.45, 2.75) is 26.9 Å². The van der Waals surface area contributed by atoms with Crippen molar-refractivity contribution in [3.8, 4) is 17.2 Å². The van der Waals surface area contributed by atoms with Crippen LogP contribution in [0.15, 0.2) is 30.3 Å². The topological polar surface area (TPSA) is 60.0 Å². The summed E-state index contributed by atoms with van der Waals surface area (Å²) in [6.45, 7) is 7.08. The van der Waals surface area contributed by atoms with E-state index in [1.54, 1.807) is 45.6 Å². The van der Waals surface area contributed by atoms with Crippen molar-refractivity contribution in [1.82, 2.24) is 0 Å². The van der Waals surface area contributed by atoms with Gasteiger partial charge in [-0.25, -0.2) is 0 Å². The summed E-state index contributed by atoms with van der Waals surface area (Å²) >= 11 is 6.28. The first-order chi connectivity index (χ1) is 12.7. The zero-order valence-electron chi connectivity index (χ0n) is 16.7. The predicted octanol–water partition coefficient (Wildman–Crippen LogP) is 4.91. The van der Waals surface area contributed by atoms with Crippen molar-refractivity contribution >= 4 is 17.3 Å². The molecule has 0 aromatic heterocycles. The SMILES string of the molecule is COc1cc(Cl)cc([C@@H](O)c2cccc(OC)c2OC)c1NCC(C)(C)C. The van der Waals surface area contributed by atoms with Crippen molar-refractivity contribution in [2.24, 2.45) is 5.41 Å². The van der Waals surface area contributed by atoms with Crippen LogP contribution < -0.4 is 19.5 Å². The molecule has 2 N–H and O–H groups in total. The van der Waals surface area contributed by atoms with Gasteiger partial charge in [0.25, 0.3) is 0 Å². The molecule has 5 nitrogen and oxygen atoms in total. The van der Waals surface area contributed by atoms with Crippen molar-refractivity contribution < 1.29 is 19.3 Å². The molecule has 0 unspecified atom stereocenters. The molecule has 148 valence electrons. The van der Waals surface area contributed by atoms with Gasteiger partial charge in [-0.3, -0.25) is 0 Å². The molecule has 0 spiro atoms. The van der Waals surface area contributed by atoms with Crippen LogP contribution in [0.5, 0.6) is 17.2 Å². The van der Waals surface area contributed by atoms with Crippen LogP contribution >= 0.6 is 11.6 Å². The highest BCUT2D eigenvalue weighted by Gasteiger charge is 2.24. The quantitative estimate of drug-likeness (QED) is 0.700. The van der Waals surface area contributed by atoms with Crippen LogP contribution in [0.2, 0.25) is 5.02 Å². The van der Waals surface area contributed by atoms with Gasteiger partial charge in [-0.2, -0.15) is 0 Å². The summed E-state index contributed by atoms with van der Waals surface area (Å²) < 4.78 is 16.3. The Bertz CT molecular complexity index is 786. The molecule has 2 rings (SSSR count). The molecule has 2 aromatic carbocycles. The lowest BCUT2D eigenvalue weighted by Gasteiger charge is -2.25. The number of nitrogens with one attached hydrogen (secondary N) is 1. The largest absolute Gasteiger partial charge is 0.495 e. The Kier molecular flexibility index (Phi) is 6.84. The van der Waals surface area contributed by atoms with Crippen molar-refractivity contribution in [2.75, 3.05) is 33.2 Å². The van der Waals surface area contributed by atoms with E-state index >= 15 is 0 Å². The molecule has 0 amide bonds. The van der Waals surface area contributed by atoms with E-state index in [1.807, 2.05) is 6.07 Å². The molecule has 0 aliphatic heterocycles. The molecule has 0 saturated carbocycles. The molecule has 1 atom stereocenters. The molecule has 0 aliphatic carbocycles. The molecule has 0 heterocycles. The Balaban J connectivity index is 2.58. The Morgan fingerprint density at radius 1 is 1.00 bits per heavy atom. The van der Waals surface area contributed by atoms with E-state index in [9.17, 15) is 5.11 Å². The summed E-state index contributed by atoms with van der Waals surface area (Å²) in [7, 11) is 4.69. The second-order valence-electron chi connectivity index (χ2n) is 7.47. The van der Waals surface area contributed by atoms with Crippen molar-refractivity contribution in [3.63, 3.8) is 0 Å². The third kappa shape index (κ3) is 4.99. The first-order valence-corrected chi connectivity index (χ1v) is 9.10. The number of aliphatic hydroxyl groups is 1. The summed E-state index contributed by atoms with van der Waals surface area (Å²) in [4.78, 5) is 0. The minimum Gasteiger partial charge on any atom is -0.495 e. The number of hydrogen-bond donors (Lipinski definition) is 2. The number of aliphatic hydroxyl groups excluding tert-OH is 1. The third-order valence-corrected chi connectivity index (χ3v) is 4.35. The average molecular weight is 394 g/mol. The number of para-hydroxylation sites is 1. The van der Waals surface area contributed by atoms with Gasteiger partial charge in [0.1, 0.15) is 11.9 Å². The van der Waals surface area contributed by atoms with Gasteiger partial charge in [0.15, 0.2) is 11.5 Å². The van der Waals surface area contributed by atoms with Crippen LogP contribution in [0.1, 0.15) is 38.0 Å². The molecule has 6 heteroatoms. The minimum atomic E-state index is -0.981. The highest BCUT2D eigenvalue weighted by molar-refractivity contribution is 6.31. The van der Waals surface area contributed by atoms with Gasteiger partial charge >= 0.3 is 0 Å². The Morgan fingerprint density at radius 2 is 1.67 bits per heavy atom. The van der Waals surface area contributed by atoms with Crippen molar-refractivity contribution in [1.29, 1.82) is 0 Å². The molecular weight excluding hydrogens is 366 g/mol. The molecule has 0 saturated heterocycles. The molecule has 27 heavy (non-hydrogen) atoms. The second kappa shape index (κ2) is 8.72. The number of hydrogen-bond acceptors (Lipinski definition) is 5. The van der Waals surface area contributed by atoms with Gasteiger partial charge in [-0.05, 0) is 17.5 Å². The number of benzene rings is 2. The van der Waals surface area contributed by atoms with Gasteiger partial charge in [-0.1, -0.05) is 44.5 Å². The minimum absolute atomic E-state index is 0.0422. The smallest absolute Gasteiger partial charge is 0.166 e. The fourth-order valence-corrected chi connectivity index (χ4v) is 3.03. The zero-order valence-corrected chi connectivity index (χ0v) is 17.5. The van der Waals surface area contributed by atoms with Crippen LogP contribution in [0.25, 0.3) is 0 Å². The van der Waals surface area contributed by atoms with E-state index in [4.69, 9.17) is 25.8 Å². The normalized spacial score (nSPS) is 12.4. The average Bonchev–Trinajstić information content (AvgIpc) is 2.64. The predicted molar refractivity (Wildman–Crippen MR) is 110 cm³/mol. The van der Waals surface area contributed by atoms with Crippen LogP contribution in [-0.4, -0.2) is 33.0 Å². The molecular formula is C21H28ClNO4. The Labute approximate surface area is 166 Å². The highest BCUT2D eigenvalue weighted by Crippen LogP contribution is 2.43. The summed E-state index contributed by atoms with van der Waals surface area (Å²) in [6.07, 6.45) is -0.981. The maximum Gasteiger partial charge on any atom is 0.166 e. The number of ether oxygens (including phenoxy) is 3. The summed E-state index contributed by atoms with van der Waals surface area (Å²) in [5, 5.41) is 15.1. The fourth-order valence-electron chi connectivity index (χ4n) is 2.82. The zero-order chi connectivity index (χ0) is 20.2. The van der Waals surface area contributed by atoms with E-state index in [-0.39, 0.29) is 5.41 Å². The van der Waals surface area contributed by atoms with E-state index in [0.717, 1.165) is 0 Å². The number of methoxy groups -OCH3 is 3. The number of halogens is 1. The highest BCUT2D eigenvalue weighted by atomic mass is 35.5. The molecule has 0 radical (unpaired) electrons. The summed E-state index contributed by atoms with van der Waals surface area (Å²) in [6, 6.07) is 8.85. The fraction of sp³-hybridized carbons (Fsp3) is 0.429. The van der Waals surface area contributed by atoms with Gasteiger partial charge in [-0.15, -0.1) is 0 Å². The molecule has 2 aromatic rings. The lowest BCUT2D eigenvalue weighted by molar-refractivity contribution is 0.213. The molecule has 0 aliphatic rings. The number of rotatable bonds is 7. The van der Waals surface area contributed by atoms with Crippen LogP contribution in [0, 0.1) is 5.41 Å². The Hall–Kier alpha value is -2.11. The van der Waals surface area contributed by atoms with Gasteiger partial charge in [0.05, 0.1) is 27.0 Å². The molecule has 0 bridgehead atoms. The third-order valence-electron chi connectivity index (χ3n) is 4.14. The van der Waals surface area contributed by atoms with E-state index < -0.39 is 6.10 Å². The van der Waals surface area contributed by atoms with Crippen molar-refractivity contribution in [3.05, 3.63) is 46.5 Å². The van der Waals surface area contributed by atoms with Gasteiger partial charge in [0, 0.05) is 28.8 Å². The van der Waals surface area contributed by atoms with E-state index in [1.165, 1.54) is 0 Å². The van der Waals surface area contributed by atoms with Crippen LogP contribution in [-0.2, 0) is 0 Å². The standard InChI is InChI=1S/C21H28ClNO4/c1-21(2,3)12-23-18-15(10-13(22)11-17(18)26-5)19(24)14-8-7-9-16(25-4)20(14)27-6/h7-11,19,23-24H,12H2,1-6H3/t19-/m0/s1. The number of anilines is 1. The summed E-state index contributed by atoms with van der Waals surface area (Å²) in [5.41, 5.74) is 1.94. The van der Waals surface area contributed by atoms with Gasteiger partial charge < -0.3 is 24.6 Å². The lowest BCUT2D eigenvalue weighted by Crippen LogP contribution is -2.20. The summed E-state index contributed by atoms with van der Waals surface area (Å²) in [5.74, 6) is 1.60. The van der Waals surface area contributed by atoms with Gasteiger partial charge in [0.2, 0.25) is 0 Å². The monoisotopic (exact) mass is 393 g/mol. The van der Waals surface area contributed by atoms with Crippen LogP contribution in [0.3, 0.4) is 0 Å². The van der Waals surface area contributed by atoms with E-state index in [0.29, 0.717) is 45.6 Å². The Morgan fingerprint density at radius 3 is 2.22 bits per heavy atom. The van der Waals surface area contributed by atoms with Crippen LogP contribution in [0.4, 0.5) is 5.69 Å². The second-order valence-corrected chi connectivity index (χ2v) is 7.91. The van der Waals surface area contributed by atoms with E-state index in [2.05, 4.69) is 26.1 Å². The first kappa shape index (κ1) is 21.2. The lowest BCUT2D eigenvalue weighted by atomic mass is 9.95. The maximum absolute atomic E-state index is 11.2.